The third kappa shape index (κ3) is 2.14. The van der Waals surface area contributed by atoms with E-state index in [1.54, 1.807) is 6.20 Å². The highest BCUT2D eigenvalue weighted by Gasteiger charge is 2.02. The van der Waals surface area contributed by atoms with E-state index < -0.39 is 0 Å². The lowest BCUT2D eigenvalue weighted by molar-refractivity contribution is 1.35. The summed E-state index contributed by atoms with van der Waals surface area (Å²) in [6.07, 6.45) is 1.71. The molecule has 0 saturated carbocycles. The van der Waals surface area contributed by atoms with Crippen LogP contribution < -0.4 is 0 Å². The predicted octanol–water partition coefficient (Wildman–Crippen LogP) is 3.63. The second kappa shape index (κ2) is 4.65. The molecule has 1 heterocycles. The molecule has 0 radical (unpaired) electrons. The number of alkyl halides is 1. The molecule has 1 aromatic heterocycles. The maximum atomic E-state index is 5.99. The number of fused-ring (bicyclic) bond motifs is 1. The molecule has 0 atom stereocenters. The van der Waals surface area contributed by atoms with Crippen molar-refractivity contribution in [1.29, 1.82) is 0 Å². The Morgan fingerprint density at radius 2 is 2.00 bits per heavy atom. The Morgan fingerprint density at radius 3 is 2.73 bits per heavy atom. The first-order chi connectivity index (χ1) is 7.33. The van der Waals surface area contributed by atoms with Gasteiger partial charge in [-0.2, -0.15) is 0 Å². The number of aromatic nitrogens is 1. The normalized spacial score (nSPS) is 9.73. The number of rotatable bonds is 0. The average molecular weight is 281 g/mol. The first-order valence-electron chi connectivity index (χ1n) is 4.41. The lowest BCUT2D eigenvalue weighted by atomic mass is 10.1. The van der Waals surface area contributed by atoms with Gasteiger partial charge in [0.25, 0.3) is 0 Å². The molecule has 0 N–H and O–H groups in total. The Hall–Kier alpha value is -1.04. The zero-order valence-corrected chi connectivity index (χ0v) is 10.1. The lowest BCUT2D eigenvalue weighted by Crippen LogP contribution is -1.84. The van der Waals surface area contributed by atoms with Gasteiger partial charge in [-0.3, -0.25) is 0 Å². The highest BCUT2D eigenvalue weighted by atomic mass is 79.9. The number of nitrogens with zero attached hydrogens (tertiary/aromatic N) is 1. The zero-order chi connectivity index (χ0) is 10.7. The molecule has 74 valence electrons. The fraction of sp³-hybridized carbons (Fsp3) is 0.0833. The first kappa shape index (κ1) is 10.5. The minimum atomic E-state index is 0.523. The van der Waals surface area contributed by atoms with E-state index in [2.05, 4.69) is 32.8 Å². The second-order valence-electron chi connectivity index (χ2n) is 2.94. The summed E-state index contributed by atoms with van der Waals surface area (Å²) in [6, 6.07) is 7.86. The number of halogens is 2. The smallest absolute Gasteiger partial charge is 0.136 e. The molecule has 0 bridgehead atoms. The highest BCUT2D eigenvalue weighted by Crippen LogP contribution is 2.23. The molecule has 2 rings (SSSR count). The van der Waals surface area contributed by atoms with Gasteiger partial charge >= 0.3 is 0 Å². The zero-order valence-electron chi connectivity index (χ0n) is 7.80. The Labute approximate surface area is 102 Å². The van der Waals surface area contributed by atoms with Gasteiger partial charge in [-0.1, -0.05) is 63.6 Å². The van der Waals surface area contributed by atoms with Gasteiger partial charge in [0.2, 0.25) is 0 Å². The fourth-order valence-corrected chi connectivity index (χ4v) is 1.74. The fourth-order valence-electron chi connectivity index (χ4n) is 1.39. The summed E-state index contributed by atoms with van der Waals surface area (Å²) in [4.78, 5) is 4.11. The Balaban J connectivity index is 2.72. The molecule has 2 aromatic rings. The van der Waals surface area contributed by atoms with E-state index in [0.29, 0.717) is 10.5 Å². The van der Waals surface area contributed by atoms with Gasteiger partial charge in [-0.05, 0) is 0 Å². The SMILES string of the molecule is Clc1ncc(C#CCBr)c2ccccc12. The standard InChI is InChI=1S/C12H7BrClN/c13-7-3-4-9-8-15-12(14)11-6-2-1-5-10(9)11/h1-2,5-6,8H,7H2. The van der Waals surface area contributed by atoms with Crippen molar-refractivity contribution < 1.29 is 0 Å². The molecule has 0 amide bonds. The number of benzene rings is 1. The monoisotopic (exact) mass is 279 g/mol. The van der Waals surface area contributed by atoms with Crippen LogP contribution >= 0.6 is 27.5 Å². The summed E-state index contributed by atoms with van der Waals surface area (Å²) < 4.78 is 0. The minimum Gasteiger partial charge on any atom is -0.243 e. The van der Waals surface area contributed by atoms with Crippen LogP contribution in [0, 0.1) is 11.8 Å². The lowest BCUT2D eigenvalue weighted by Gasteiger charge is -2.01. The van der Waals surface area contributed by atoms with E-state index in [9.17, 15) is 0 Å². The van der Waals surface area contributed by atoms with Gasteiger partial charge in [0.15, 0.2) is 0 Å². The van der Waals surface area contributed by atoms with Gasteiger partial charge in [0.05, 0.1) is 10.9 Å². The van der Waals surface area contributed by atoms with Crippen molar-refractivity contribution in [3.63, 3.8) is 0 Å². The maximum absolute atomic E-state index is 5.99. The summed E-state index contributed by atoms with van der Waals surface area (Å²) in [5, 5.41) is 3.17. The van der Waals surface area contributed by atoms with Crippen LogP contribution in [0.3, 0.4) is 0 Å². The van der Waals surface area contributed by atoms with Crippen molar-refractivity contribution in [2.75, 3.05) is 5.33 Å². The van der Waals surface area contributed by atoms with E-state index in [4.69, 9.17) is 11.6 Å². The topological polar surface area (TPSA) is 12.9 Å². The molecule has 0 saturated heterocycles. The quantitative estimate of drug-likeness (QED) is 0.408. The van der Waals surface area contributed by atoms with Gasteiger partial charge in [0, 0.05) is 17.0 Å². The average Bonchev–Trinajstić information content (AvgIpc) is 2.29. The molecule has 1 aromatic carbocycles. The van der Waals surface area contributed by atoms with E-state index in [1.807, 2.05) is 24.3 Å². The van der Waals surface area contributed by atoms with Gasteiger partial charge in [-0.25, -0.2) is 4.98 Å². The first-order valence-corrected chi connectivity index (χ1v) is 5.91. The third-order valence-electron chi connectivity index (χ3n) is 2.04. The van der Waals surface area contributed by atoms with Crippen LogP contribution in [0.15, 0.2) is 30.5 Å². The van der Waals surface area contributed by atoms with Crippen molar-refractivity contribution in [2.45, 2.75) is 0 Å². The highest BCUT2D eigenvalue weighted by molar-refractivity contribution is 9.09. The van der Waals surface area contributed by atoms with Crippen molar-refractivity contribution >= 4 is 38.3 Å². The molecule has 1 nitrogen and oxygen atoms in total. The molecular formula is C12H7BrClN. The molecule has 0 aliphatic heterocycles. The minimum absolute atomic E-state index is 0.523. The molecule has 0 aliphatic rings. The van der Waals surface area contributed by atoms with Crippen molar-refractivity contribution in [2.24, 2.45) is 0 Å². The van der Waals surface area contributed by atoms with Crippen LogP contribution in [0.2, 0.25) is 5.15 Å². The molecule has 3 heteroatoms. The van der Waals surface area contributed by atoms with Crippen LogP contribution in [0.1, 0.15) is 5.56 Å². The van der Waals surface area contributed by atoms with Crippen molar-refractivity contribution in [3.05, 3.63) is 41.2 Å². The van der Waals surface area contributed by atoms with Crippen LogP contribution in [-0.2, 0) is 0 Å². The molecular weight excluding hydrogens is 273 g/mol. The van der Waals surface area contributed by atoms with Crippen molar-refractivity contribution in [3.8, 4) is 11.8 Å². The second-order valence-corrected chi connectivity index (χ2v) is 3.86. The Morgan fingerprint density at radius 1 is 1.27 bits per heavy atom. The van der Waals surface area contributed by atoms with Crippen LogP contribution in [0.5, 0.6) is 0 Å². The van der Waals surface area contributed by atoms with Gasteiger partial charge in [0.1, 0.15) is 5.15 Å². The molecule has 0 unspecified atom stereocenters. The van der Waals surface area contributed by atoms with Crippen LogP contribution in [-0.4, -0.2) is 10.3 Å². The van der Waals surface area contributed by atoms with Crippen LogP contribution in [0.25, 0.3) is 10.8 Å². The summed E-state index contributed by atoms with van der Waals surface area (Å²) in [5.41, 5.74) is 0.912. The molecule has 0 spiro atoms. The Kier molecular flexibility index (Phi) is 3.25. The number of hydrogen-bond acceptors (Lipinski definition) is 1. The molecule has 0 aliphatic carbocycles. The largest absolute Gasteiger partial charge is 0.243 e. The van der Waals surface area contributed by atoms with Gasteiger partial charge in [-0.15, -0.1) is 0 Å². The molecule has 15 heavy (non-hydrogen) atoms. The van der Waals surface area contributed by atoms with Gasteiger partial charge < -0.3 is 0 Å². The summed E-state index contributed by atoms with van der Waals surface area (Å²) >= 11 is 9.26. The number of hydrogen-bond donors (Lipinski definition) is 0. The van der Waals surface area contributed by atoms with E-state index in [1.165, 1.54) is 0 Å². The van der Waals surface area contributed by atoms with E-state index in [0.717, 1.165) is 16.3 Å². The van der Waals surface area contributed by atoms with E-state index >= 15 is 0 Å². The van der Waals surface area contributed by atoms with E-state index in [-0.39, 0.29) is 0 Å². The van der Waals surface area contributed by atoms with Crippen LogP contribution in [0.4, 0.5) is 0 Å². The van der Waals surface area contributed by atoms with Crippen molar-refractivity contribution in [1.82, 2.24) is 4.98 Å². The number of pyridine rings is 1. The third-order valence-corrected chi connectivity index (χ3v) is 2.62. The summed E-state index contributed by atoms with van der Waals surface area (Å²) in [7, 11) is 0. The summed E-state index contributed by atoms with van der Waals surface area (Å²) in [6.45, 7) is 0. The predicted molar refractivity (Wildman–Crippen MR) is 67.4 cm³/mol. The molecule has 0 fully saturated rings. The maximum Gasteiger partial charge on any atom is 0.136 e. The Bertz CT molecular complexity index is 554. The summed E-state index contributed by atoms with van der Waals surface area (Å²) in [5.74, 6) is 6.01.